The van der Waals surface area contributed by atoms with Crippen LogP contribution in [0.15, 0.2) is 60.8 Å². The molecule has 7 heteroatoms. The van der Waals surface area contributed by atoms with Crippen LogP contribution >= 0.6 is 11.6 Å². The van der Waals surface area contributed by atoms with Crippen molar-refractivity contribution in [2.24, 2.45) is 0 Å². The molecule has 2 aromatic carbocycles. The Balaban J connectivity index is 1.50. The molecule has 3 rings (SSSR count). The monoisotopic (exact) mass is 396 g/mol. The molecule has 28 heavy (non-hydrogen) atoms. The molecule has 0 fully saturated rings. The van der Waals surface area contributed by atoms with E-state index < -0.39 is 0 Å². The van der Waals surface area contributed by atoms with Gasteiger partial charge in [0, 0.05) is 24.3 Å². The first-order chi connectivity index (χ1) is 13.6. The summed E-state index contributed by atoms with van der Waals surface area (Å²) in [5, 5.41) is 6.68. The van der Waals surface area contributed by atoms with Gasteiger partial charge in [-0.25, -0.2) is 9.97 Å². The second-order valence-electron chi connectivity index (χ2n) is 6.10. The highest BCUT2D eigenvalue weighted by atomic mass is 35.5. The van der Waals surface area contributed by atoms with Gasteiger partial charge in [-0.2, -0.15) is 0 Å². The maximum atomic E-state index is 12.3. The topological polar surface area (TPSA) is 76.1 Å². The van der Waals surface area contributed by atoms with Crippen LogP contribution in [0.25, 0.3) is 0 Å². The number of carbonyl (C=O) groups is 1. The van der Waals surface area contributed by atoms with Gasteiger partial charge in [-0.15, -0.1) is 0 Å². The van der Waals surface area contributed by atoms with E-state index in [0.29, 0.717) is 29.8 Å². The quantitative estimate of drug-likeness (QED) is 0.606. The van der Waals surface area contributed by atoms with Crippen molar-refractivity contribution in [3.8, 4) is 5.75 Å². The molecular weight excluding hydrogens is 376 g/mol. The third-order valence-electron chi connectivity index (χ3n) is 4.11. The molecule has 0 atom stereocenters. The van der Waals surface area contributed by atoms with Crippen LogP contribution in [0, 0.1) is 0 Å². The van der Waals surface area contributed by atoms with Gasteiger partial charge in [0.25, 0.3) is 5.91 Å². The van der Waals surface area contributed by atoms with Crippen LogP contribution in [0.2, 0.25) is 5.02 Å². The standard InChI is InChI=1S/C21H21ClN4O2/c1-28-18-8-4-15(5-9-18)10-12-23-20(27)19-11-13-24-21(26-19)25-14-16-2-6-17(22)7-3-16/h2-9,11,13H,10,12,14H2,1H3,(H,23,27)(H,24,25,26). The first-order valence-corrected chi connectivity index (χ1v) is 9.24. The summed E-state index contributed by atoms with van der Waals surface area (Å²) in [6, 6.07) is 16.9. The smallest absolute Gasteiger partial charge is 0.270 e. The summed E-state index contributed by atoms with van der Waals surface area (Å²) in [5.74, 6) is 0.982. The summed E-state index contributed by atoms with van der Waals surface area (Å²) in [5.41, 5.74) is 2.49. The summed E-state index contributed by atoms with van der Waals surface area (Å²) in [6.45, 7) is 1.06. The molecule has 0 saturated carbocycles. The van der Waals surface area contributed by atoms with E-state index in [9.17, 15) is 4.79 Å². The van der Waals surface area contributed by atoms with E-state index >= 15 is 0 Å². The second-order valence-corrected chi connectivity index (χ2v) is 6.54. The fourth-order valence-electron chi connectivity index (χ4n) is 2.56. The van der Waals surface area contributed by atoms with Crippen LogP contribution in [0.4, 0.5) is 5.95 Å². The van der Waals surface area contributed by atoms with Crippen LogP contribution in [0.5, 0.6) is 5.75 Å². The average molecular weight is 397 g/mol. The number of benzene rings is 2. The number of methoxy groups -OCH3 is 1. The number of rotatable bonds is 8. The molecule has 0 saturated heterocycles. The highest BCUT2D eigenvalue weighted by Gasteiger charge is 2.08. The lowest BCUT2D eigenvalue weighted by atomic mass is 10.1. The molecule has 3 aromatic rings. The second kappa shape index (κ2) is 9.71. The van der Waals surface area contributed by atoms with Crippen molar-refractivity contribution in [3.63, 3.8) is 0 Å². The molecule has 6 nitrogen and oxygen atoms in total. The molecule has 0 radical (unpaired) electrons. The van der Waals surface area contributed by atoms with E-state index in [0.717, 1.165) is 23.3 Å². The number of aromatic nitrogens is 2. The van der Waals surface area contributed by atoms with Gasteiger partial charge in [0.1, 0.15) is 11.4 Å². The minimum Gasteiger partial charge on any atom is -0.497 e. The lowest BCUT2D eigenvalue weighted by Gasteiger charge is -2.08. The van der Waals surface area contributed by atoms with Crippen LogP contribution in [-0.2, 0) is 13.0 Å². The Hall–Kier alpha value is -3.12. The van der Waals surface area contributed by atoms with Gasteiger partial charge in [0.15, 0.2) is 0 Å². The van der Waals surface area contributed by atoms with Gasteiger partial charge >= 0.3 is 0 Å². The highest BCUT2D eigenvalue weighted by molar-refractivity contribution is 6.30. The Morgan fingerprint density at radius 3 is 2.46 bits per heavy atom. The number of hydrogen-bond acceptors (Lipinski definition) is 5. The maximum absolute atomic E-state index is 12.3. The van der Waals surface area contributed by atoms with Gasteiger partial charge in [-0.1, -0.05) is 35.9 Å². The number of nitrogens with one attached hydrogen (secondary N) is 2. The van der Waals surface area contributed by atoms with Crippen LogP contribution in [-0.4, -0.2) is 29.5 Å². The van der Waals surface area contributed by atoms with E-state index in [1.54, 1.807) is 19.4 Å². The predicted molar refractivity (Wildman–Crippen MR) is 110 cm³/mol. The van der Waals surface area contributed by atoms with Crippen molar-refractivity contribution in [1.29, 1.82) is 0 Å². The van der Waals surface area contributed by atoms with Gasteiger partial charge < -0.3 is 15.4 Å². The third-order valence-corrected chi connectivity index (χ3v) is 4.36. The number of anilines is 1. The minimum atomic E-state index is -0.231. The summed E-state index contributed by atoms with van der Waals surface area (Å²) in [7, 11) is 1.63. The largest absolute Gasteiger partial charge is 0.497 e. The zero-order valence-corrected chi connectivity index (χ0v) is 16.2. The lowest BCUT2D eigenvalue weighted by molar-refractivity contribution is 0.0949. The first kappa shape index (κ1) is 19.6. The number of amides is 1. The fourth-order valence-corrected chi connectivity index (χ4v) is 2.68. The van der Waals surface area contributed by atoms with Crippen LogP contribution in [0.3, 0.4) is 0 Å². The normalized spacial score (nSPS) is 10.4. The molecule has 0 bridgehead atoms. The minimum absolute atomic E-state index is 0.231. The van der Waals surface area contributed by atoms with Gasteiger partial charge in [0.05, 0.1) is 7.11 Å². The third kappa shape index (κ3) is 5.69. The number of ether oxygens (including phenoxy) is 1. The summed E-state index contributed by atoms with van der Waals surface area (Å²) in [6.07, 6.45) is 2.29. The van der Waals surface area contributed by atoms with E-state index in [4.69, 9.17) is 16.3 Å². The fraction of sp³-hybridized carbons (Fsp3) is 0.190. The Bertz CT molecular complexity index is 914. The van der Waals surface area contributed by atoms with Gasteiger partial charge in [-0.3, -0.25) is 4.79 Å². The lowest BCUT2D eigenvalue weighted by Crippen LogP contribution is -2.26. The number of hydrogen-bond donors (Lipinski definition) is 2. The SMILES string of the molecule is COc1ccc(CCNC(=O)c2ccnc(NCc3ccc(Cl)cc3)n2)cc1. The molecule has 2 N–H and O–H groups in total. The van der Waals surface area contributed by atoms with E-state index in [1.807, 2.05) is 48.5 Å². The Kier molecular flexibility index (Phi) is 6.81. The molecule has 1 aromatic heterocycles. The molecule has 0 aliphatic carbocycles. The van der Waals surface area contributed by atoms with Crippen molar-refractivity contribution in [1.82, 2.24) is 15.3 Å². The zero-order valence-electron chi connectivity index (χ0n) is 15.5. The van der Waals surface area contributed by atoms with Crippen molar-refractivity contribution in [3.05, 3.63) is 82.6 Å². The summed E-state index contributed by atoms with van der Waals surface area (Å²) in [4.78, 5) is 20.8. The molecule has 0 aliphatic rings. The molecule has 0 aliphatic heterocycles. The average Bonchev–Trinajstić information content (AvgIpc) is 2.74. The highest BCUT2D eigenvalue weighted by Crippen LogP contribution is 2.12. The van der Waals surface area contributed by atoms with Crippen molar-refractivity contribution in [2.75, 3.05) is 19.0 Å². The predicted octanol–water partition coefficient (Wildman–Crippen LogP) is 3.72. The Morgan fingerprint density at radius 2 is 1.75 bits per heavy atom. The van der Waals surface area contributed by atoms with Crippen molar-refractivity contribution in [2.45, 2.75) is 13.0 Å². The van der Waals surface area contributed by atoms with E-state index in [1.165, 1.54) is 0 Å². The Labute approximate surface area is 168 Å². The molecular formula is C21H21ClN4O2. The Morgan fingerprint density at radius 1 is 1.04 bits per heavy atom. The van der Waals surface area contributed by atoms with Gasteiger partial charge in [-0.05, 0) is 47.9 Å². The number of nitrogens with zero attached hydrogens (tertiary/aromatic N) is 2. The maximum Gasteiger partial charge on any atom is 0.270 e. The van der Waals surface area contributed by atoms with E-state index in [2.05, 4.69) is 20.6 Å². The molecule has 144 valence electrons. The molecule has 0 unspecified atom stereocenters. The first-order valence-electron chi connectivity index (χ1n) is 8.86. The van der Waals surface area contributed by atoms with Crippen LogP contribution in [0.1, 0.15) is 21.6 Å². The van der Waals surface area contributed by atoms with Gasteiger partial charge in [0.2, 0.25) is 5.95 Å². The van der Waals surface area contributed by atoms with Crippen molar-refractivity contribution < 1.29 is 9.53 Å². The number of halogens is 1. The number of carbonyl (C=O) groups excluding carboxylic acids is 1. The summed E-state index contributed by atoms with van der Waals surface area (Å²) < 4.78 is 5.14. The van der Waals surface area contributed by atoms with E-state index in [-0.39, 0.29) is 5.91 Å². The van der Waals surface area contributed by atoms with Crippen LogP contribution < -0.4 is 15.4 Å². The van der Waals surface area contributed by atoms with Crippen molar-refractivity contribution >= 4 is 23.5 Å². The molecule has 0 spiro atoms. The molecule has 1 heterocycles. The zero-order chi connectivity index (χ0) is 19.8. The molecule has 1 amide bonds. The summed E-state index contributed by atoms with van der Waals surface area (Å²) >= 11 is 5.88.